The van der Waals surface area contributed by atoms with Gasteiger partial charge in [-0.05, 0) is 55.8 Å². The molecule has 3 aromatic rings. The van der Waals surface area contributed by atoms with E-state index in [4.69, 9.17) is 11.6 Å². The Morgan fingerprint density at radius 1 is 0.967 bits per heavy atom. The van der Waals surface area contributed by atoms with Crippen molar-refractivity contribution in [1.29, 1.82) is 0 Å². The molecule has 3 rings (SSSR count). The van der Waals surface area contributed by atoms with E-state index in [1.165, 1.54) is 24.3 Å². The molecule has 1 N–H and O–H groups in total. The summed E-state index contributed by atoms with van der Waals surface area (Å²) in [6.07, 6.45) is 0. The van der Waals surface area contributed by atoms with Crippen molar-refractivity contribution in [3.8, 4) is 0 Å². The van der Waals surface area contributed by atoms with Crippen LogP contribution in [0.5, 0.6) is 0 Å². The molecule has 0 saturated carbocycles. The van der Waals surface area contributed by atoms with Crippen LogP contribution in [0.4, 0.5) is 5.69 Å². The van der Waals surface area contributed by atoms with Gasteiger partial charge in [-0.2, -0.15) is 0 Å². The second-order valence-electron chi connectivity index (χ2n) is 7.00. The van der Waals surface area contributed by atoms with Gasteiger partial charge >= 0.3 is 0 Å². The Bertz CT molecular complexity index is 1100. The first-order chi connectivity index (χ1) is 14.3. The van der Waals surface area contributed by atoms with Crippen LogP contribution in [0, 0.1) is 6.92 Å². The van der Waals surface area contributed by atoms with E-state index in [2.05, 4.69) is 5.32 Å². The standard InChI is InChI=1S/C23H23ClN2O3S/c1-17-8-12-21(13-9-17)26(30(28,29)22-14-10-20(24)11-15-22)16-23(27)25-18(2)19-6-4-3-5-7-19/h3-15,18H,16H2,1-2H3,(H,25,27)/t18-/m0/s1. The molecule has 0 fully saturated rings. The van der Waals surface area contributed by atoms with Gasteiger partial charge in [0.25, 0.3) is 10.0 Å². The van der Waals surface area contributed by atoms with Crippen LogP contribution in [-0.2, 0) is 14.8 Å². The summed E-state index contributed by atoms with van der Waals surface area (Å²) >= 11 is 5.90. The number of amides is 1. The SMILES string of the molecule is Cc1ccc(N(CC(=O)N[C@@H](C)c2ccccc2)S(=O)(=O)c2ccc(Cl)cc2)cc1. The maximum atomic E-state index is 13.3. The number of rotatable bonds is 7. The number of hydrogen-bond acceptors (Lipinski definition) is 3. The molecule has 0 heterocycles. The molecular weight excluding hydrogens is 420 g/mol. The van der Waals surface area contributed by atoms with E-state index < -0.39 is 15.9 Å². The Balaban J connectivity index is 1.89. The monoisotopic (exact) mass is 442 g/mol. The van der Waals surface area contributed by atoms with Crippen LogP contribution in [-0.4, -0.2) is 20.9 Å². The molecule has 1 amide bonds. The summed E-state index contributed by atoms with van der Waals surface area (Å²) in [4.78, 5) is 12.8. The molecule has 30 heavy (non-hydrogen) atoms. The molecule has 0 aliphatic heterocycles. The van der Waals surface area contributed by atoms with Gasteiger partial charge < -0.3 is 5.32 Å². The third-order valence-electron chi connectivity index (χ3n) is 4.69. The molecule has 1 atom stereocenters. The average Bonchev–Trinajstić information content (AvgIpc) is 2.73. The maximum Gasteiger partial charge on any atom is 0.264 e. The number of halogens is 1. The van der Waals surface area contributed by atoms with E-state index in [0.29, 0.717) is 10.7 Å². The van der Waals surface area contributed by atoms with E-state index in [1.807, 2.05) is 56.3 Å². The minimum atomic E-state index is -3.97. The second kappa shape index (κ2) is 9.32. The lowest BCUT2D eigenvalue weighted by molar-refractivity contribution is -0.120. The molecule has 0 aliphatic rings. The number of nitrogens with zero attached hydrogens (tertiary/aromatic N) is 1. The number of nitrogens with one attached hydrogen (secondary N) is 1. The summed E-state index contributed by atoms with van der Waals surface area (Å²) in [6.45, 7) is 3.43. The third-order valence-corrected chi connectivity index (χ3v) is 6.73. The summed E-state index contributed by atoms with van der Waals surface area (Å²) in [7, 11) is -3.97. The first-order valence-corrected chi connectivity index (χ1v) is 11.3. The normalized spacial score (nSPS) is 12.2. The van der Waals surface area contributed by atoms with Crippen LogP contribution >= 0.6 is 11.6 Å². The molecule has 5 nitrogen and oxygen atoms in total. The topological polar surface area (TPSA) is 66.5 Å². The van der Waals surface area contributed by atoms with Gasteiger partial charge in [0.15, 0.2) is 0 Å². The zero-order chi connectivity index (χ0) is 21.7. The highest BCUT2D eigenvalue weighted by Gasteiger charge is 2.27. The molecule has 0 saturated heterocycles. The van der Waals surface area contributed by atoms with Gasteiger partial charge in [0, 0.05) is 5.02 Å². The maximum absolute atomic E-state index is 13.3. The molecule has 0 unspecified atom stereocenters. The highest BCUT2D eigenvalue weighted by molar-refractivity contribution is 7.92. The predicted octanol–water partition coefficient (Wildman–Crippen LogP) is 4.72. The van der Waals surface area contributed by atoms with Gasteiger partial charge in [0.05, 0.1) is 16.6 Å². The highest BCUT2D eigenvalue weighted by Crippen LogP contribution is 2.25. The number of aryl methyl sites for hydroxylation is 1. The molecule has 3 aromatic carbocycles. The lowest BCUT2D eigenvalue weighted by Gasteiger charge is -2.25. The fourth-order valence-corrected chi connectivity index (χ4v) is 4.55. The average molecular weight is 443 g/mol. The zero-order valence-electron chi connectivity index (χ0n) is 16.7. The summed E-state index contributed by atoms with van der Waals surface area (Å²) in [5.41, 5.74) is 2.34. The largest absolute Gasteiger partial charge is 0.348 e. The summed E-state index contributed by atoms with van der Waals surface area (Å²) < 4.78 is 27.8. The Kier molecular flexibility index (Phi) is 6.80. The van der Waals surface area contributed by atoms with Gasteiger partial charge in [-0.25, -0.2) is 8.42 Å². The minimum Gasteiger partial charge on any atom is -0.348 e. The lowest BCUT2D eigenvalue weighted by Crippen LogP contribution is -2.41. The van der Waals surface area contributed by atoms with E-state index in [0.717, 1.165) is 15.4 Å². The van der Waals surface area contributed by atoms with Gasteiger partial charge in [-0.3, -0.25) is 9.10 Å². The van der Waals surface area contributed by atoms with Crippen molar-refractivity contribution in [2.24, 2.45) is 0 Å². The van der Waals surface area contributed by atoms with E-state index >= 15 is 0 Å². The molecule has 0 bridgehead atoms. The summed E-state index contributed by atoms with van der Waals surface area (Å²) in [6, 6.07) is 22.1. The predicted molar refractivity (Wildman–Crippen MR) is 120 cm³/mol. The second-order valence-corrected chi connectivity index (χ2v) is 9.30. The van der Waals surface area contributed by atoms with Crippen molar-refractivity contribution >= 4 is 33.2 Å². The van der Waals surface area contributed by atoms with Gasteiger partial charge in [0.2, 0.25) is 5.91 Å². The first-order valence-electron chi connectivity index (χ1n) is 9.46. The van der Waals surface area contributed by atoms with E-state index in [1.54, 1.807) is 12.1 Å². The third kappa shape index (κ3) is 5.20. The minimum absolute atomic E-state index is 0.0661. The first kappa shape index (κ1) is 21.9. The molecule has 0 radical (unpaired) electrons. The summed E-state index contributed by atoms with van der Waals surface area (Å²) in [5.74, 6) is -0.399. The van der Waals surface area contributed by atoms with E-state index in [-0.39, 0.29) is 17.5 Å². The Labute approximate surface area is 182 Å². The van der Waals surface area contributed by atoms with Crippen LogP contribution < -0.4 is 9.62 Å². The number of benzene rings is 3. The molecule has 0 aromatic heterocycles. The van der Waals surface area contributed by atoms with Crippen molar-refractivity contribution in [2.45, 2.75) is 24.8 Å². The smallest absolute Gasteiger partial charge is 0.264 e. The number of hydrogen-bond donors (Lipinski definition) is 1. The van der Waals surface area contributed by atoms with Crippen molar-refractivity contribution < 1.29 is 13.2 Å². The number of sulfonamides is 1. The fraction of sp³-hybridized carbons (Fsp3) is 0.174. The number of anilines is 1. The van der Waals surface area contributed by atoms with Crippen molar-refractivity contribution in [3.63, 3.8) is 0 Å². The fourth-order valence-electron chi connectivity index (χ4n) is 3.00. The van der Waals surface area contributed by atoms with Crippen molar-refractivity contribution in [3.05, 3.63) is 95.0 Å². The Hall–Kier alpha value is -2.83. The van der Waals surface area contributed by atoms with Crippen molar-refractivity contribution in [2.75, 3.05) is 10.8 Å². The highest BCUT2D eigenvalue weighted by atomic mass is 35.5. The Morgan fingerprint density at radius 3 is 2.17 bits per heavy atom. The quantitative estimate of drug-likeness (QED) is 0.575. The van der Waals surface area contributed by atoms with Gasteiger partial charge in [-0.1, -0.05) is 59.6 Å². The molecule has 0 aliphatic carbocycles. The molecule has 0 spiro atoms. The zero-order valence-corrected chi connectivity index (χ0v) is 18.3. The van der Waals surface area contributed by atoms with Gasteiger partial charge in [-0.15, -0.1) is 0 Å². The van der Waals surface area contributed by atoms with Crippen LogP contribution in [0.2, 0.25) is 5.02 Å². The molecule has 156 valence electrons. The lowest BCUT2D eigenvalue weighted by atomic mass is 10.1. The van der Waals surface area contributed by atoms with Gasteiger partial charge in [0.1, 0.15) is 6.54 Å². The van der Waals surface area contributed by atoms with E-state index in [9.17, 15) is 13.2 Å². The molecular formula is C23H23ClN2O3S. The number of carbonyl (C=O) groups excluding carboxylic acids is 1. The van der Waals surface area contributed by atoms with Crippen LogP contribution in [0.3, 0.4) is 0 Å². The van der Waals surface area contributed by atoms with Crippen LogP contribution in [0.25, 0.3) is 0 Å². The van der Waals surface area contributed by atoms with Crippen LogP contribution in [0.1, 0.15) is 24.1 Å². The van der Waals surface area contributed by atoms with Crippen molar-refractivity contribution in [1.82, 2.24) is 5.32 Å². The summed E-state index contributed by atoms with van der Waals surface area (Å²) in [5, 5.41) is 3.31. The molecule has 7 heteroatoms. The number of carbonyl (C=O) groups is 1. The van der Waals surface area contributed by atoms with Crippen LogP contribution in [0.15, 0.2) is 83.8 Å². The Morgan fingerprint density at radius 2 is 1.57 bits per heavy atom.